The van der Waals surface area contributed by atoms with Crippen LogP contribution in [0, 0.1) is 6.92 Å². The standard InChI is InChI=1S/C16H16N4O/c1-10-4-2-3-5-12(10)9-18-16(21)11-6-7-14-13(8-11)15(17)20-19-14/h2-8H,9H2,1H3,(H,18,21)(H3,17,19,20). The van der Waals surface area contributed by atoms with Crippen molar-refractivity contribution >= 4 is 22.6 Å². The summed E-state index contributed by atoms with van der Waals surface area (Å²) in [5.41, 5.74) is 9.42. The molecule has 1 aromatic heterocycles. The average Bonchev–Trinajstić information content (AvgIpc) is 2.87. The topological polar surface area (TPSA) is 83.8 Å². The molecule has 3 aromatic rings. The summed E-state index contributed by atoms with van der Waals surface area (Å²) in [6, 6.07) is 13.3. The van der Waals surface area contributed by atoms with Gasteiger partial charge in [0.2, 0.25) is 0 Å². The van der Waals surface area contributed by atoms with Gasteiger partial charge in [0.1, 0.15) is 0 Å². The van der Waals surface area contributed by atoms with Gasteiger partial charge in [0.15, 0.2) is 5.82 Å². The molecule has 4 N–H and O–H groups in total. The van der Waals surface area contributed by atoms with Crippen LogP contribution < -0.4 is 11.1 Å². The Kier molecular flexibility index (Phi) is 3.31. The van der Waals surface area contributed by atoms with Crippen molar-refractivity contribution in [2.75, 3.05) is 5.73 Å². The number of amides is 1. The minimum Gasteiger partial charge on any atom is -0.382 e. The minimum absolute atomic E-state index is 0.124. The number of hydrogen-bond acceptors (Lipinski definition) is 3. The van der Waals surface area contributed by atoms with E-state index in [1.54, 1.807) is 18.2 Å². The van der Waals surface area contributed by atoms with Crippen molar-refractivity contribution in [1.29, 1.82) is 0 Å². The molecule has 106 valence electrons. The molecule has 0 spiro atoms. The number of nitrogens with one attached hydrogen (secondary N) is 2. The largest absolute Gasteiger partial charge is 0.382 e. The second-order valence-corrected chi connectivity index (χ2v) is 4.98. The molecule has 1 heterocycles. The molecule has 5 heteroatoms. The van der Waals surface area contributed by atoms with Gasteiger partial charge in [0.05, 0.1) is 5.52 Å². The van der Waals surface area contributed by atoms with Crippen molar-refractivity contribution in [3.63, 3.8) is 0 Å². The van der Waals surface area contributed by atoms with Crippen LogP contribution in [0.3, 0.4) is 0 Å². The second-order valence-electron chi connectivity index (χ2n) is 4.98. The molecule has 0 bridgehead atoms. The Bertz CT molecular complexity index is 807. The van der Waals surface area contributed by atoms with Gasteiger partial charge < -0.3 is 11.1 Å². The molecule has 0 saturated heterocycles. The van der Waals surface area contributed by atoms with E-state index in [-0.39, 0.29) is 5.91 Å². The molecule has 0 unspecified atom stereocenters. The Morgan fingerprint density at radius 3 is 2.90 bits per heavy atom. The molecule has 0 aliphatic rings. The van der Waals surface area contributed by atoms with Gasteiger partial charge >= 0.3 is 0 Å². The normalized spacial score (nSPS) is 10.7. The smallest absolute Gasteiger partial charge is 0.251 e. The number of carbonyl (C=O) groups is 1. The fourth-order valence-electron chi connectivity index (χ4n) is 2.26. The molecular weight excluding hydrogens is 264 g/mol. The number of benzene rings is 2. The molecule has 0 aliphatic carbocycles. The summed E-state index contributed by atoms with van der Waals surface area (Å²) in [6.07, 6.45) is 0. The predicted molar refractivity (Wildman–Crippen MR) is 82.9 cm³/mol. The summed E-state index contributed by atoms with van der Waals surface area (Å²) in [6.45, 7) is 2.53. The van der Waals surface area contributed by atoms with E-state index in [1.165, 1.54) is 0 Å². The lowest BCUT2D eigenvalue weighted by Gasteiger charge is -2.08. The summed E-state index contributed by atoms with van der Waals surface area (Å²) in [5, 5.41) is 10.4. The molecule has 0 aliphatic heterocycles. The van der Waals surface area contributed by atoms with Gasteiger partial charge in [-0.2, -0.15) is 5.10 Å². The van der Waals surface area contributed by atoms with Crippen LogP contribution in [0.15, 0.2) is 42.5 Å². The first-order chi connectivity index (χ1) is 10.1. The van der Waals surface area contributed by atoms with Crippen LogP contribution in [0.2, 0.25) is 0 Å². The lowest BCUT2D eigenvalue weighted by molar-refractivity contribution is 0.0951. The van der Waals surface area contributed by atoms with Gasteiger partial charge in [-0.05, 0) is 36.2 Å². The van der Waals surface area contributed by atoms with E-state index in [1.807, 2.05) is 31.2 Å². The number of rotatable bonds is 3. The van der Waals surface area contributed by atoms with Crippen molar-refractivity contribution in [2.24, 2.45) is 0 Å². The Balaban J connectivity index is 1.78. The van der Waals surface area contributed by atoms with Crippen molar-refractivity contribution in [1.82, 2.24) is 15.5 Å². The third kappa shape index (κ3) is 2.58. The summed E-state index contributed by atoms with van der Waals surface area (Å²) < 4.78 is 0. The maximum absolute atomic E-state index is 12.2. The SMILES string of the molecule is Cc1ccccc1CNC(=O)c1ccc2[nH]nc(N)c2c1. The number of aryl methyl sites for hydroxylation is 1. The summed E-state index contributed by atoms with van der Waals surface area (Å²) in [5.74, 6) is 0.277. The first kappa shape index (κ1) is 13.2. The molecule has 1 amide bonds. The van der Waals surface area contributed by atoms with E-state index < -0.39 is 0 Å². The maximum atomic E-state index is 12.2. The number of nitrogen functional groups attached to an aromatic ring is 1. The van der Waals surface area contributed by atoms with Crippen LogP contribution in [0.4, 0.5) is 5.82 Å². The summed E-state index contributed by atoms with van der Waals surface area (Å²) in [4.78, 5) is 12.2. The third-order valence-electron chi connectivity index (χ3n) is 3.56. The molecule has 0 saturated carbocycles. The molecular formula is C16H16N4O. The zero-order valence-electron chi connectivity index (χ0n) is 11.7. The van der Waals surface area contributed by atoms with E-state index in [0.29, 0.717) is 17.9 Å². The van der Waals surface area contributed by atoms with E-state index >= 15 is 0 Å². The van der Waals surface area contributed by atoms with Gasteiger partial charge in [-0.3, -0.25) is 9.89 Å². The van der Waals surface area contributed by atoms with E-state index in [4.69, 9.17) is 5.73 Å². The number of hydrogen-bond donors (Lipinski definition) is 3. The van der Waals surface area contributed by atoms with Crippen LogP contribution in [-0.2, 0) is 6.54 Å². The number of nitrogens with zero attached hydrogens (tertiary/aromatic N) is 1. The first-order valence-corrected chi connectivity index (χ1v) is 6.71. The quantitative estimate of drug-likeness (QED) is 0.688. The van der Waals surface area contributed by atoms with Gasteiger partial charge in [-0.1, -0.05) is 24.3 Å². The van der Waals surface area contributed by atoms with Crippen LogP contribution in [0.5, 0.6) is 0 Å². The minimum atomic E-state index is -0.124. The fraction of sp³-hybridized carbons (Fsp3) is 0.125. The number of fused-ring (bicyclic) bond motifs is 1. The number of nitrogens with two attached hydrogens (primary N) is 1. The number of carbonyl (C=O) groups excluding carboxylic acids is 1. The van der Waals surface area contributed by atoms with Crippen LogP contribution in [0.25, 0.3) is 10.9 Å². The highest BCUT2D eigenvalue weighted by Crippen LogP contribution is 2.19. The zero-order chi connectivity index (χ0) is 14.8. The van der Waals surface area contributed by atoms with Crippen LogP contribution in [-0.4, -0.2) is 16.1 Å². The number of anilines is 1. The second kappa shape index (κ2) is 5.28. The highest BCUT2D eigenvalue weighted by Gasteiger charge is 2.09. The van der Waals surface area contributed by atoms with Crippen molar-refractivity contribution < 1.29 is 4.79 Å². The first-order valence-electron chi connectivity index (χ1n) is 6.71. The summed E-state index contributed by atoms with van der Waals surface area (Å²) in [7, 11) is 0. The number of aromatic amines is 1. The lowest BCUT2D eigenvalue weighted by atomic mass is 10.1. The molecule has 0 radical (unpaired) electrons. The van der Waals surface area contributed by atoms with Crippen molar-refractivity contribution in [2.45, 2.75) is 13.5 Å². The number of H-pyrrole nitrogens is 1. The van der Waals surface area contributed by atoms with Crippen LogP contribution in [0.1, 0.15) is 21.5 Å². The Morgan fingerprint density at radius 2 is 2.10 bits per heavy atom. The molecule has 0 atom stereocenters. The van der Waals surface area contributed by atoms with E-state index in [9.17, 15) is 4.79 Å². The predicted octanol–water partition coefficient (Wildman–Crippen LogP) is 2.38. The van der Waals surface area contributed by atoms with Crippen LogP contribution >= 0.6 is 0 Å². The van der Waals surface area contributed by atoms with Crippen molar-refractivity contribution in [3.05, 3.63) is 59.2 Å². The Hall–Kier alpha value is -2.82. The van der Waals surface area contributed by atoms with Gasteiger partial charge in [0, 0.05) is 17.5 Å². The van der Waals surface area contributed by atoms with Crippen molar-refractivity contribution in [3.8, 4) is 0 Å². The highest BCUT2D eigenvalue weighted by atomic mass is 16.1. The monoisotopic (exact) mass is 280 g/mol. The summed E-state index contributed by atoms with van der Waals surface area (Å²) >= 11 is 0. The van der Waals surface area contributed by atoms with Gasteiger partial charge in [-0.25, -0.2) is 0 Å². The lowest BCUT2D eigenvalue weighted by Crippen LogP contribution is -2.23. The third-order valence-corrected chi connectivity index (χ3v) is 3.56. The molecule has 5 nitrogen and oxygen atoms in total. The van der Waals surface area contributed by atoms with E-state index in [2.05, 4.69) is 15.5 Å². The zero-order valence-corrected chi connectivity index (χ0v) is 11.7. The Morgan fingerprint density at radius 1 is 1.29 bits per heavy atom. The maximum Gasteiger partial charge on any atom is 0.251 e. The molecule has 0 fully saturated rings. The van der Waals surface area contributed by atoms with E-state index in [0.717, 1.165) is 22.0 Å². The Labute approximate surface area is 122 Å². The molecule has 3 rings (SSSR count). The highest BCUT2D eigenvalue weighted by molar-refractivity contribution is 6.00. The number of aromatic nitrogens is 2. The molecule has 21 heavy (non-hydrogen) atoms. The average molecular weight is 280 g/mol. The molecule has 2 aromatic carbocycles. The fourth-order valence-corrected chi connectivity index (χ4v) is 2.26. The van der Waals surface area contributed by atoms with Gasteiger partial charge in [0.25, 0.3) is 5.91 Å². The van der Waals surface area contributed by atoms with Gasteiger partial charge in [-0.15, -0.1) is 0 Å².